The van der Waals surface area contributed by atoms with Gasteiger partial charge in [0.15, 0.2) is 11.6 Å². The molecule has 2 rings (SSSR count). The number of nitrogens with one attached hydrogen (secondary N) is 1. The highest BCUT2D eigenvalue weighted by molar-refractivity contribution is 5.32. The molecule has 1 fully saturated rings. The first-order valence-electron chi connectivity index (χ1n) is 5.47. The average Bonchev–Trinajstić information content (AvgIpc) is 2.23. The largest absolute Gasteiger partial charge is 0.508 e. The van der Waals surface area contributed by atoms with Crippen LogP contribution >= 0.6 is 0 Å². The highest BCUT2D eigenvalue weighted by Crippen LogP contribution is 2.29. The number of halogens is 1. The van der Waals surface area contributed by atoms with Crippen molar-refractivity contribution in [2.24, 2.45) is 0 Å². The minimum Gasteiger partial charge on any atom is -0.508 e. The number of piperidine rings is 1. The van der Waals surface area contributed by atoms with Crippen LogP contribution in [-0.4, -0.2) is 23.8 Å². The molecule has 0 atom stereocenters. The van der Waals surface area contributed by atoms with Crippen molar-refractivity contribution in [2.45, 2.75) is 25.4 Å². The van der Waals surface area contributed by atoms with Crippen molar-refractivity contribution in [1.29, 1.82) is 0 Å². The summed E-state index contributed by atoms with van der Waals surface area (Å²) in [5.74, 6) is -0.387. The lowest BCUT2D eigenvalue weighted by atomic mass is 9.94. The normalized spacial score (nSPS) is 19.4. The zero-order chi connectivity index (χ0) is 11.6. The summed E-state index contributed by atoms with van der Waals surface area (Å²) >= 11 is 0. The van der Waals surface area contributed by atoms with Gasteiger partial charge in [0.25, 0.3) is 0 Å². The first-order valence-corrected chi connectivity index (χ1v) is 5.47. The zero-order valence-corrected chi connectivity index (χ0v) is 9.29. The molecule has 0 unspecified atom stereocenters. The molecule has 16 heavy (non-hydrogen) atoms. The fourth-order valence-corrected chi connectivity index (χ4v) is 1.90. The maximum Gasteiger partial charge on any atom is 0.168 e. The van der Waals surface area contributed by atoms with E-state index in [2.05, 4.69) is 5.32 Å². The average molecular weight is 225 g/mol. The molecular weight excluding hydrogens is 209 g/mol. The number of phenolic OH excluding ortho intramolecular Hbond substituents is 1. The smallest absolute Gasteiger partial charge is 0.168 e. The molecule has 2 N–H and O–H groups in total. The van der Waals surface area contributed by atoms with E-state index in [0.29, 0.717) is 0 Å². The minimum atomic E-state index is -0.514. The topological polar surface area (TPSA) is 41.5 Å². The molecule has 1 aliphatic rings. The summed E-state index contributed by atoms with van der Waals surface area (Å²) in [6.07, 6.45) is 1.71. The minimum absolute atomic E-state index is 0.0830. The summed E-state index contributed by atoms with van der Waals surface area (Å²) in [7, 11) is 0. The highest BCUT2D eigenvalue weighted by atomic mass is 19.1. The SMILES string of the molecule is CC1(Oc2ccc(O)cc2F)CCNCC1. The third kappa shape index (κ3) is 2.44. The predicted molar refractivity (Wildman–Crippen MR) is 59.2 cm³/mol. The van der Waals surface area contributed by atoms with Crippen LogP contribution in [-0.2, 0) is 0 Å². The van der Waals surface area contributed by atoms with E-state index in [1.54, 1.807) is 0 Å². The molecular formula is C12H16FNO2. The van der Waals surface area contributed by atoms with E-state index in [1.807, 2.05) is 6.92 Å². The Labute approximate surface area is 94.2 Å². The Kier molecular flexibility index (Phi) is 3.01. The van der Waals surface area contributed by atoms with Crippen LogP contribution in [0.2, 0.25) is 0 Å². The molecule has 0 saturated carbocycles. The molecule has 1 aromatic rings. The fraction of sp³-hybridized carbons (Fsp3) is 0.500. The predicted octanol–water partition coefficient (Wildman–Crippen LogP) is 2.05. The van der Waals surface area contributed by atoms with E-state index in [4.69, 9.17) is 9.84 Å². The van der Waals surface area contributed by atoms with Gasteiger partial charge in [0, 0.05) is 6.07 Å². The van der Waals surface area contributed by atoms with Crippen molar-refractivity contribution in [1.82, 2.24) is 5.32 Å². The van der Waals surface area contributed by atoms with Gasteiger partial charge in [-0.25, -0.2) is 4.39 Å². The Morgan fingerprint density at radius 3 is 2.69 bits per heavy atom. The van der Waals surface area contributed by atoms with E-state index >= 15 is 0 Å². The maximum atomic E-state index is 13.5. The van der Waals surface area contributed by atoms with Crippen molar-refractivity contribution < 1.29 is 14.2 Å². The first kappa shape index (κ1) is 11.2. The third-order valence-corrected chi connectivity index (χ3v) is 2.93. The van der Waals surface area contributed by atoms with Gasteiger partial charge >= 0.3 is 0 Å². The van der Waals surface area contributed by atoms with Gasteiger partial charge in [-0.3, -0.25) is 0 Å². The number of aromatic hydroxyl groups is 1. The molecule has 0 bridgehead atoms. The number of benzene rings is 1. The lowest BCUT2D eigenvalue weighted by Crippen LogP contribution is -2.43. The summed E-state index contributed by atoms with van der Waals surface area (Å²) in [6.45, 7) is 3.76. The first-order chi connectivity index (χ1) is 7.59. The lowest BCUT2D eigenvalue weighted by Gasteiger charge is -2.34. The standard InChI is InChI=1S/C12H16FNO2/c1-12(4-6-14-7-5-12)16-11-3-2-9(15)8-10(11)13/h2-3,8,14-15H,4-7H2,1H3. The Balaban J connectivity index is 2.13. The maximum absolute atomic E-state index is 13.5. The van der Waals surface area contributed by atoms with E-state index in [0.717, 1.165) is 32.0 Å². The van der Waals surface area contributed by atoms with Gasteiger partial charge < -0.3 is 15.2 Å². The van der Waals surface area contributed by atoms with Crippen molar-refractivity contribution in [3.8, 4) is 11.5 Å². The summed E-state index contributed by atoms with van der Waals surface area (Å²) in [6, 6.07) is 3.97. The quantitative estimate of drug-likeness (QED) is 0.809. The van der Waals surface area contributed by atoms with Crippen LogP contribution in [0.1, 0.15) is 19.8 Å². The second-order valence-corrected chi connectivity index (χ2v) is 4.42. The molecule has 0 spiro atoms. The Morgan fingerprint density at radius 2 is 2.06 bits per heavy atom. The molecule has 4 heteroatoms. The number of phenols is 1. The summed E-state index contributed by atoms with van der Waals surface area (Å²) < 4.78 is 19.2. The molecule has 88 valence electrons. The van der Waals surface area contributed by atoms with E-state index < -0.39 is 5.82 Å². The number of ether oxygens (including phenoxy) is 1. The van der Waals surface area contributed by atoms with E-state index in [9.17, 15) is 4.39 Å². The second-order valence-electron chi connectivity index (χ2n) is 4.42. The number of hydrogen-bond acceptors (Lipinski definition) is 3. The van der Waals surface area contributed by atoms with Gasteiger partial charge in [0.1, 0.15) is 11.4 Å². The van der Waals surface area contributed by atoms with E-state index in [1.165, 1.54) is 12.1 Å². The van der Waals surface area contributed by atoms with Gasteiger partial charge in [0.2, 0.25) is 0 Å². The fourth-order valence-electron chi connectivity index (χ4n) is 1.90. The molecule has 1 aromatic carbocycles. The van der Waals surface area contributed by atoms with Crippen LogP contribution in [0.25, 0.3) is 0 Å². The van der Waals surface area contributed by atoms with Gasteiger partial charge in [-0.15, -0.1) is 0 Å². The zero-order valence-electron chi connectivity index (χ0n) is 9.29. The molecule has 0 radical (unpaired) electrons. The van der Waals surface area contributed by atoms with Crippen molar-refractivity contribution >= 4 is 0 Å². The summed E-state index contributed by atoms with van der Waals surface area (Å²) in [5, 5.41) is 12.3. The Morgan fingerprint density at radius 1 is 1.38 bits per heavy atom. The van der Waals surface area contributed by atoms with Crippen molar-refractivity contribution in [3.05, 3.63) is 24.0 Å². The van der Waals surface area contributed by atoms with Gasteiger partial charge in [-0.05, 0) is 45.0 Å². The summed E-state index contributed by atoms with van der Waals surface area (Å²) in [4.78, 5) is 0. The third-order valence-electron chi connectivity index (χ3n) is 2.93. The molecule has 3 nitrogen and oxygen atoms in total. The Hall–Kier alpha value is -1.29. The monoisotopic (exact) mass is 225 g/mol. The van der Waals surface area contributed by atoms with Gasteiger partial charge in [-0.1, -0.05) is 0 Å². The van der Waals surface area contributed by atoms with Crippen LogP contribution in [0, 0.1) is 5.82 Å². The second kappa shape index (κ2) is 4.29. The lowest BCUT2D eigenvalue weighted by molar-refractivity contribution is 0.0513. The van der Waals surface area contributed by atoms with Crippen LogP contribution in [0.5, 0.6) is 11.5 Å². The molecule has 0 amide bonds. The number of hydrogen-bond donors (Lipinski definition) is 2. The molecule has 1 aliphatic heterocycles. The van der Waals surface area contributed by atoms with Crippen LogP contribution < -0.4 is 10.1 Å². The highest BCUT2D eigenvalue weighted by Gasteiger charge is 2.29. The molecule has 0 aliphatic carbocycles. The molecule has 1 saturated heterocycles. The number of rotatable bonds is 2. The molecule has 1 heterocycles. The van der Waals surface area contributed by atoms with Crippen molar-refractivity contribution in [3.63, 3.8) is 0 Å². The summed E-state index contributed by atoms with van der Waals surface area (Å²) in [5.41, 5.74) is -0.316. The van der Waals surface area contributed by atoms with Crippen LogP contribution in [0.3, 0.4) is 0 Å². The Bertz CT molecular complexity index is 375. The van der Waals surface area contributed by atoms with E-state index in [-0.39, 0.29) is 17.1 Å². The molecule has 0 aromatic heterocycles. The van der Waals surface area contributed by atoms with Crippen LogP contribution in [0.4, 0.5) is 4.39 Å². The van der Waals surface area contributed by atoms with Gasteiger partial charge in [-0.2, -0.15) is 0 Å². The van der Waals surface area contributed by atoms with Gasteiger partial charge in [0.05, 0.1) is 0 Å². The van der Waals surface area contributed by atoms with Crippen LogP contribution in [0.15, 0.2) is 18.2 Å². The van der Waals surface area contributed by atoms with Crippen molar-refractivity contribution in [2.75, 3.05) is 13.1 Å².